The predicted molar refractivity (Wildman–Crippen MR) is 179 cm³/mol. The zero-order valence-electron chi connectivity index (χ0n) is 29.4. The first-order valence-electron chi connectivity index (χ1n) is 16.9. The standard InChI is InChI=1S/C34H56N4O8S/c1-10-11-17-23(27(39)29(41)35-18-19-47(44,45)33(5,6)7)36-28(40)26-24-22(34(24,8)9)20-38(26)30(42)25(21-15-13-12-14-16-21)37-31(43)46-32(2,3)4/h10,21-26H,1,11-20H2,2-9H3,(H,35,41)(H,36,40)(H,37,43)/t22?,23?,24?,25-,26-/m0/s1. The molecule has 3 fully saturated rings. The maximum atomic E-state index is 14.3. The fourth-order valence-electron chi connectivity index (χ4n) is 6.94. The molecule has 3 aliphatic rings. The number of Topliss-reactive ketones (excluding diaryl/α,β-unsaturated/α-hetero) is 1. The maximum absolute atomic E-state index is 14.3. The van der Waals surface area contributed by atoms with Crippen LogP contribution in [-0.4, -0.2) is 90.2 Å². The van der Waals surface area contributed by atoms with E-state index in [2.05, 4.69) is 22.5 Å². The Bertz CT molecular complexity index is 1320. The summed E-state index contributed by atoms with van der Waals surface area (Å²) in [7, 11) is -3.52. The second kappa shape index (κ2) is 14.7. The van der Waals surface area contributed by atoms with Gasteiger partial charge in [0.15, 0.2) is 9.84 Å². The average Bonchev–Trinajstić information content (AvgIpc) is 3.27. The molecule has 0 radical (unpaired) electrons. The van der Waals surface area contributed by atoms with Crippen molar-refractivity contribution in [3.8, 4) is 0 Å². The molecule has 0 aromatic heterocycles. The molecule has 0 aromatic rings. The van der Waals surface area contributed by atoms with Crippen LogP contribution in [0.15, 0.2) is 12.7 Å². The first-order chi connectivity index (χ1) is 21.6. The normalized spacial score (nSPS) is 23.9. The average molecular weight is 681 g/mol. The van der Waals surface area contributed by atoms with E-state index < -0.39 is 62.0 Å². The minimum Gasteiger partial charge on any atom is -0.444 e. The molecule has 4 amide bonds. The predicted octanol–water partition coefficient (Wildman–Crippen LogP) is 3.29. The number of nitrogens with one attached hydrogen (secondary N) is 3. The Morgan fingerprint density at radius 3 is 2.17 bits per heavy atom. The summed E-state index contributed by atoms with van der Waals surface area (Å²) in [6.07, 6.45) is 5.76. The monoisotopic (exact) mass is 680 g/mol. The number of ketones is 1. The fraction of sp³-hybridized carbons (Fsp3) is 0.794. The lowest BCUT2D eigenvalue weighted by Gasteiger charge is -2.37. The first kappa shape index (κ1) is 38.5. The van der Waals surface area contributed by atoms with Gasteiger partial charge < -0.3 is 25.6 Å². The zero-order chi connectivity index (χ0) is 35.5. The number of ether oxygens (including phenoxy) is 1. The molecule has 0 aromatic carbocycles. The molecule has 3 rings (SSSR count). The van der Waals surface area contributed by atoms with E-state index >= 15 is 0 Å². The van der Waals surface area contributed by atoms with E-state index in [4.69, 9.17) is 4.74 Å². The second-order valence-electron chi connectivity index (χ2n) is 15.9. The van der Waals surface area contributed by atoms with E-state index in [-0.39, 0.29) is 47.8 Å². The van der Waals surface area contributed by atoms with Gasteiger partial charge in [-0.05, 0) is 90.4 Å². The lowest BCUT2D eigenvalue weighted by Crippen LogP contribution is -2.60. The van der Waals surface area contributed by atoms with E-state index in [1.807, 2.05) is 13.8 Å². The van der Waals surface area contributed by atoms with Crippen LogP contribution in [0, 0.1) is 23.2 Å². The summed E-state index contributed by atoms with van der Waals surface area (Å²) in [5, 5.41) is 7.97. The van der Waals surface area contributed by atoms with Crippen LogP contribution in [0.5, 0.6) is 0 Å². The maximum Gasteiger partial charge on any atom is 0.408 e. The summed E-state index contributed by atoms with van der Waals surface area (Å²) < 4.78 is 29.4. The van der Waals surface area contributed by atoms with E-state index in [1.165, 1.54) is 0 Å². The lowest BCUT2D eigenvalue weighted by molar-refractivity contribution is -0.145. The van der Waals surface area contributed by atoms with Gasteiger partial charge in [0.1, 0.15) is 17.7 Å². The van der Waals surface area contributed by atoms with Crippen molar-refractivity contribution in [3.63, 3.8) is 0 Å². The van der Waals surface area contributed by atoms with Crippen molar-refractivity contribution in [2.45, 2.75) is 129 Å². The van der Waals surface area contributed by atoms with Crippen molar-refractivity contribution in [2.75, 3.05) is 18.8 Å². The Morgan fingerprint density at radius 1 is 1.00 bits per heavy atom. The van der Waals surface area contributed by atoms with Gasteiger partial charge in [-0.25, -0.2) is 13.2 Å². The number of allylic oxidation sites excluding steroid dienone is 1. The lowest BCUT2D eigenvalue weighted by atomic mass is 9.83. The molecule has 3 N–H and O–H groups in total. The van der Waals surface area contributed by atoms with Gasteiger partial charge in [-0.3, -0.25) is 19.2 Å². The molecule has 3 unspecified atom stereocenters. The number of sulfone groups is 1. The van der Waals surface area contributed by atoms with E-state index in [0.717, 1.165) is 32.1 Å². The van der Waals surface area contributed by atoms with Crippen LogP contribution in [0.1, 0.15) is 100 Å². The quantitative estimate of drug-likeness (QED) is 0.197. The Labute approximate surface area is 280 Å². The number of rotatable bonds is 13. The van der Waals surface area contributed by atoms with Crippen LogP contribution in [0.2, 0.25) is 0 Å². The van der Waals surface area contributed by atoms with Gasteiger partial charge in [0.2, 0.25) is 17.6 Å². The number of amides is 4. The molecule has 1 saturated heterocycles. The number of hydrogen-bond donors (Lipinski definition) is 3. The number of hydrogen-bond acceptors (Lipinski definition) is 8. The summed E-state index contributed by atoms with van der Waals surface area (Å²) in [5.74, 6) is -3.33. The molecular formula is C34H56N4O8S. The van der Waals surface area contributed by atoms with Crippen molar-refractivity contribution < 1.29 is 37.1 Å². The van der Waals surface area contributed by atoms with E-state index in [0.29, 0.717) is 13.0 Å². The van der Waals surface area contributed by atoms with Gasteiger partial charge in [-0.1, -0.05) is 39.2 Å². The Hall–Kier alpha value is -2.96. The highest BCUT2D eigenvalue weighted by Crippen LogP contribution is 2.65. The van der Waals surface area contributed by atoms with Crippen LogP contribution in [-0.2, 0) is 33.8 Å². The first-order valence-corrected chi connectivity index (χ1v) is 18.5. The molecule has 0 bridgehead atoms. The SMILES string of the molecule is C=CCCC(NC(=O)[C@@H]1C2C(CN1C(=O)[C@@H](NC(=O)OC(C)(C)C)C1CCCCC1)C2(C)C)C(=O)C(=O)NCCS(=O)(=O)C(C)(C)C. The summed E-state index contributed by atoms with van der Waals surface area (Å²) in [4.78, 5) is 68.9. The Balaban J connectivity index is 1.80. The molecule has 12 nitrogen and oxygen atoms in total. The van der Waals surface area contributed by atoms with Crippen molar-refractivity contribution >= 4 is 39.4 Å². The number of alkyl carbamates (subject to hydrolysis) is 1. The molecule has 5 atom stereocenters. The topological polar surface area (TPSA) is 168 Å². The van der Waals surface area contributed by atoms with Gasteiger partial charge in [0, 0.05) is 13.1 Å². The molecule has 13 heteroatoms. The van der Waals surface area contributed by atoms with Crippen LogP contribution in [0.3, 0.4) is 0 Å². The number of fused-ring (bicyclic) bond motifs is 1. The van der Waals surface area contributed by atoms with Crippen molar-refractivity contribution in [1.29, 1.82) is 0 Å². The smallest absolute Gasteiger partial charge is 0.408 e. The highest BCUT2D eigenvalue weighted by Gasteiger charge is 2.69. The third-order valence-corrected chi connectivity index (χ3v) is 12.5. The van der Waals surface area contributed by atoms with Crippen molar-refractivity contribution in [3.05, 3.63) is 12.7 Å². The van der Waals surface area contributed by atoms with Crippen LogP contribution in [0.4, 0.5) is 4.79 Å². The van der Waals surface area contributed by atoms with E-state index in [9.17, 15) is 32.4 Å². The van der Waals surface area contributed by atoms with Gasteiger partial charge >= 0.3 is 6.09 Å². The summed E-state index contributed by atoms with van der Waals surface area (Å²) in [6, 6.07) is -2.96. The number of nitrogens with zero attached hydrogens (tertiary/aromatic N) is 1. The van der Waals surface area contributed by atoms with Crippen molar-refractivity contribution in [2.24, 2.45) is 23.2 Å². The summed E-state index contributed by atoms with van der Waals surface area (Å²) >= 11 is 0. The molecule has 1 aliphatic heterocycles. The highest BCUT2D eigenvalue weighted by atomic mass is 32.2. The molecule has 1 heterocycles. The highest BCUT2D eigenvalue weighted by molar-refractivity contribution is 7.92. The van der Waals surface area contributed by atoms with Gasteiger partial charge in [-0.15, -0.1) is 6.58 Å². The molecule has 2 aliphatic carbocycles. The van der Waals surface area contributed by atoms with Gasteiger partial charge in [0.25, 0.3) is 5.91 Å². The van der Waals surface area contributed by atoms with Crippen LogP contribution >= 0.6 is 0 Å². The zero-order valence-corrected chi connectivity index (χ0v) is 30.3. The van der Waals surface area contributed by atoms with Crippen LogP contribution < -0.4 is 16.0 Å². The molecule has 47 heavy (non-hydrogen) atoms. The largest absolute Gasteiger partial charge is 0.444 e. The third kappa shape index (κ3) is 9.35. The van der Waals surface area contributed by atoms with Gasteiger partial charge in [-0.2, -0.15) is 0 Å². The fourth-order valence-corrected chi connectivity index (χ4v) is 7.92. The Morgan fingerprint density at radius 2 is 1.62 bits per heavy atom. The molecule has 2 saturated carbocycles. The Kier molecular flexibility index (Phi) is 12.0. The summed E-state index contributed by atoms with van der Waals surface area (Å²) in [5.41, 5.74) is -0.972. The molecular weight excluding hydrogens is 624 g/mol. The molecule has 0 spiro atoms. The minimum atomic E-state index is -3.52. The summed E-state index contributed by atoms with van der Waals surface area (Å²) in [6.45, 7) is 17.8. The third-order valence-electron chi connectivity index (χ3n) is 9.93. The van der Waals surface area contributed by atoms with Crippen molar-refractivity contribution in [1.82, 2.24) is 20.9 Å². The molecule has 266 valence electrons. The number of carbonyl (C=O) groups excluding carboxylic acids is 5. The van der Waals surface area contributed by atoms with E-state index in [1.54, 1.807) is 52.5 Å². The minimum absolute atomic E-state index is 0.0612. The van der Waals surface area contributed by atoms with Gasteiger partial charge in [0.05, 0.1) is 16.5 Å². The number of piperidine rings is 1. The number of likely N-dealkylation sites (tertiary alicyclic amines) is 1. The second-order valence-corrected chi connectivity index (χ2v) is 18.8. The van der Waals surface area contributed by atoms with Crippen LogP contribution in [0.25, 0.3) is 0 Å². The number of carbonyl (C=O) groups is 5.